The number of aliphatic carboxylic acids is 1. The molecule has 0 saturated carbocycles. The maximum Gasteiger partial charge on any atom is 0.433 e. The number of halogens is 6. The lowest BCUT2D eigenvalue weighted by atomic mass is 10.2. The Balaban J connectivity index is 0.000000194. The lowest BCUT2D eigenvalue weighted by Crippen LogP contribution is -2.26. The SMILES string of the molecule is CCOC(=O)Cn1cc(C(=O)Nc2ccc(-n3nc(-c4cccnc4)cc3C(F)(F)F)cn2)ccc1=O.CCOC(=O)Cn1cc(C(=O)O)ccc1=O.CCOC(=O)Cn1cc(C(=O)OCc2ccccc2)ccc1=O.O=C(O)Cn1cc(C(=O)Nc2ccc(-n3nc(-c4cccnc4)cc3C(F)(F)F)cn2)ccc1=O.O=C(O)c1ccc(=O)[nH]c1.O=C(OCc1ccccc1)c1ccc(=O)[nH]c1. The highest BCUT2D eigenvalue weighted by atomic mass is 19.4. The zero-order chi connectivity index (χ0) is 100. The van der Waals surface area contributed by atoms with Crippen LogP contribution in [0.15, 0.2) is 297 Å². The summed E-state index contributed by atoms with van der Waals surface area (Å²) in [5.74, 6) is -7.51. The molecule has 0 unspecified atom stereocenters. The van der Waals surface area contributed by atoms with E-state index in [1.54, 1.807) is 45.0 Å². The van der Waals surface area contributed by atoms with Gasteiger partial charge in [-0.1, -0.05) is 60.7 Å². The minimum atomic E-state index is -4.70. The fraction of sp³-hybridized carbons (Fsp3) is 0.152. The van der Waals surface area contributed by atoms with Crippen LogP contribution in [-0.4, -0.2) is 162 Å². The molecule has 12 aromatic heterocycles. The van der Waals surface area contributed by atoms with E-state index in [1.165, 1.54) is 122 Å². The fourth-order valence-electron chi connectivity index (χ4n) is 11.4. The number of carboxylic acid groups (broad SMARTS) is 3. The number of nitrogens with one attached hydrogen (secondary N) is 4. The molecule has 0 saturated heterocycles. The first kappa shape index (κ1) is 103. The largest absolute Gasteiger partial charge is 0.480 e. The van der Waals surface area contributed by atoms with Gasteiger partial charge in [0.25, 0.3) is 34.1 Å². The lowest BCUT2D eigenvalue weighted by Gasteiger charge is -2.11. The second-order valence-electron chi connectivity index (χ2n) is 27.8. The van der Waals surface area contributed by atoms with Gasteiger partial charge in [-0.15, -0.1) is 0 Å². The summed E-state index contributed by atoms with van der Waals surface area (Å²) in [5.41, 5.74) is -1.14. The quantitative estimate of drug-likeness (QED) is 0.0143. The van der Waals surface area contributed by atoms with Gasteiger partial charge in [-0.05, 0) is 129 Å². The molecular weight excluding hydrogens is 1830 g/mol. The van der Waals surface area contributed by atoms with Crippen LogP contribution in [0.1, 0.15) is 105 Å². The smallest absolute Gasteiger partial charge is 0.433 e. The number of amides is 2. The van der Waals surface area contributed by atoms with Gasteiger partial charge < -0.3 is 77.9 Å². The molecule has 40 nitrogen and oxygen atoms in total. The van der Waals surface area contributed by atoms with Crippen molar-refractivity contribution in [2.75, 3.05) is 30.5 Å². The van der Waals surface area contributed by atoms with E-state index in [-0.39, 0.29) is 126 Å². The van der Waals surface area contributed by atoms with Crippen LogP contribution in [0.5, 0.6) is 0 Å². The predicted molar refractivity (Wildman–Crippen MR) is 475 cm³/mol. The molecule has 0 bridgehead atoms. The number of carbonyl (C=O) groups is 10. The van der Waals surface area contributed by atoms with Crippen molar-refractivity contribution in [2.24, 2.45) is 0 Å². The average molecular weight is 1910 g/mol. The normalized spacial score (nSPS) is 10.6. The van der Waals surface area contributed by atoms with Crippen LogP contribution < -0.4 is 44.0 Å². The Labute approximate surface area is 772 Å². The fourth-order valence-corrected chi connectivity index (χ4v) is 11.4. The van der Waals surface area contributed by atoms with Crippen LogP contribution in [0, 0.1) is 0 Å². The Hall–Kier alpha value is -18.6. The first-order valence-corrected chi connectivity index (χ1v) is 40.3. The summed E-state index contributed by atoms with van der Waals surface area (Å²) in [5, 5.41) is 39.0. The summed E-state index contributed by atoms with van der Waals surface area (Å²) >= 11 is 0. The molecule has 12 heterocycles. The minimum Gasteiger partial charge on any atom is -0.480 e. The van der Waals surface area contributed by atoms with E-state index < -0.39 is 112 Å². The molecule has 0 aliphatic heterocycles. The van der Waals surface area contributed by atoms with E-state index in [9.17, 15) is 103 Å². The van der Waals surface area contributed by atoms with Crippen molar-refractivity contribution in [1.29, 1.82) is 0 Å². The Morgan fingerprint density at radius 1 is 0.377 bits per heavy atom. The number of rotatable bonds is 27. The van der Waals surface area contributed by atoms with E-state index in [0.717, 1.165) is 90.7 Å². The molecule has 14 aromatic rings. The van der Waals surface area contributed by atoms with Gasteiger partial charge in [0.05, 0.1) is 88.4 Å². The molecule has 0 spiro atoms. The molecule has 2 aromatic carbocycles. The van der Waals surface area contributed by atoms with Crippen molar-refractivity contribution in [3.8, 4) is 33.9 Å². The number of hydrogen-bond acceptors (Lipinski definition) is 27. The molecule has 138 heavy (non-hydrogen) atoms. The van der Waals surface area contributed by atoms with Gasteiger partial charge in [-0.25, -0.2) is 38.5 Å². The van der Waals surface area contributed by atoms with Crippen molar-refractivity contribution >= 4 is 71.2 Å². The standard InChI is InChI=1S/C24H19F3N6O4.C22H15F3N6O4.C17H17NO5.C13H11NO3.C10H11NO5.C6H5NO3/c1-2-37-22(35)14-32-13-16(5-8-21(32)34)23(36)30-20-7-6-17(12-29-20)33-19(24(25,26)27)10-18(31-33)15-4-3-9-28-11-15;23-22(24,25)17-8-16(13-2-1-7-26-9-13)29-31(17)15-4-5-18(27-10-15)28-21(35)14-3-6-19(32)30(11-14)12-20(33)34;1-2-22-16(20)11-18-10-14(8-9-15(18)19)17(21)23-12-13-6-4-3-5-7-13;15-12-7-6-11(8-14-12)13(16)17-9-10-4-2-1-3-5-10;1-2-16-9(13)6-11-5-7(10(14)15)3-4-8(11)12;8-5-2-1-4(3-7-5)6(9)10/h3-13H,2,14H2,1H3,(H,29,30,36);1-11H,12H2,(H,33,34)(H,27,28,35);3-10H,2,11-12H2,1H3;1-8H,9H2,(H,14,15);3-5H,2,6H2,1H3,(H,14,15);1-3H,(H,7,8)(H,9,10). The van der Waals surface area contributed by atoms with E-state index in [4.69, 9.17) is 34.3 Å². The van der Waals surface area contributed by atoms with Gasteiger partial charge in [0.15, 0.2) is 0 Å². The topological polar surface area (TPSA) is 543 Å². The number of aromatic amines is 2. The number of benzene rings is 2. The summed E-state index contributed by atoms with van der Waals surface area (Å²) in [6, 6.07) is 46.7. The van der Waals surface area contributed by atoms with Crippen molar-refractivity contribution < 1.29 is 113 Å². The monoisotopic (exact) mass is 1900 g/mol. The van der Waals surface area contributed by atoms with Crippen molar-refractivity contribution in [3.05, 3.63) is 387 Å². The van der Waals surface area contributed by atoms with Crippen LogP contribution in [0.3, 0.4) is 0 Å². The van der Waals surface area contributed by atoms with Gasteiger partial charge >= 0.3 is 60.1 Å². The summed E-state index contributed by atoms with van der Waals surface area (Å²) in [6.45, 7) is 4.37. The number of anilines is 2. The molecule has 0 atom stereocenters. The van der Waals surface area contributed by atoms with Crippen LogP contribution in [0.2, 0.25) is 0 Å². The second-order valence-corrected chi connectivity index (χ2v) is 27.8. The summed E-state index contributed by atoms with van der Waals surface area (Å²) in [4.78, 5) is 203. The molecule has 46 heteroatoms. The van der Waals surface area contributed by atoms with Gasteiger partial charge in [0, 0.05) is 109 Å². The van der Waals surface area contributed by atoms with E-state index in [0.29, 0.717) is 26.1 Å². The predicted octanol–water partition coefficient (Wildman–Crippen LogP) is 9.85. The van der Waals surface area contributed by atoms with Gasteiger partial charge in [-0.3, -0.25) is 67.5 Å². The van der Waals surface area contributed by atoms with Crippen LogP contribution in [-0.2, 0) is 94.6 Å². The number of pyridine rings is 10. The maximum absolute atomic E-state index is 13.7. The molecule has 14 rings (SSSR count). The van der Waals surface area contributed by atoms with Crippen LogP contribution in [0.25, 0.3) is 33.9 Å². The number of alkyl halides is 6. The van der Waals surface area contributed by atoms with Crippen LogP contribution in [0.4, 0.5) is 38.0 Å². The molecular formula is C92H78F6N16O24. The number of H-pyrrole nitrogens is 2. The maximum atomic E-state index is 13.7. The number of hydrogen-bond donors (Lipinski definition) is 7. The van der Waals surface area contributed by atoms with Crippen molar-refractivity contribution in [3.63, 3.8) is 0 Å². The van der Waals surface area contributed by atoms with Gasteiger partial charge in [0.2, 0.25) is 11.1 Å². The highest BCUT2D eigenvalue weighted by Gasteiger charge is 2.38. The van der Waals surface area contributed by atoms with Crippen molar-refractivity contribution in [1.82, 2.24) is 67.7 Å². The highest BCUT2D eigenvalue weighted by Crippen LogP contribution is 2.36. The minimum absolute atomic E-state index is 0.000437. The first-order valence-electron chi connectivity index (χ1n) is 40.3. The third-order valence-corrected chi connectivity index (χ3v) is 17.9. The zero-order valence-electron chi connectivity index (χ0n) is 72.3. The number of ether oxygens (including phenoxy) is 5. The Kier molecular flexibility index (Phi) is 37.1. The first-order chi connectivity index (χ1) is 65.9. The Morgan fingerprint density at radius 3 is 1.06 bits per heavy atom. The lowest BCUT2D eigenvalue weighted by molar-refractivity contribution is -0.144. The number of carboxylic acids is 3. The van der Waals surface area contributed by atoms with Gasteiger partial charge in [0.1, 0.15) is 62.4 Å². The zero-order valence-corrected chi connectivity index (χ0v) is 72.3. The van der Waals surface area contributed by atoms with E-state index in [1.807, 2.05) is 60.7 Å². The molecule has 7 N–H and O–H groups in total. The Bertz CT molecular complexity index is 6990. The average Bonchev–Trinajstić information content (AvgIpc) is 1.64. The molecule has 0 aliphatic carbocycles. The number of esters is 5. The van der Waals surface area contributed by atoms with Crippen LogP contribution >= 0.6 is 0 Å². The summed E-state index contributed by atoms with van der Waals surface area (Å²) in [7, 11) is 0. The van der Waals surface area contributed by atoms with Gasteiger partial charge in [-0.2, -0.15) is 36.5 Å². The molecule has 2 amide bonds. The van der Waals surface area contributed by atoms with E-state index >= 15 is 0 Å². The van der Waals surface area contributed by atoms with E-state index in [2.05, 4.69) is 55.5 Å². The number of aromatic carboxylic acids is 2. The molecule has 712 valence electrons. The molecule has 0 radical (unpaired) electrons. The second kappa shape index (κ2) is 49.6. The highest BCUT2D eigenvalue weighted by molar-refractivity contribution is 6.04. The van der Waals surface area contributed by atoms with Crippen molar-refractivity contribution in [2.45, 2.75) is 72.5 Å². The third kappa shape index (κ3) is 31.6. The number of aromatic nitrogens is 14. The molecule has 0 fully saturated rings. The number of nitrogens with zero attached hydrogens (tertiary/aromatic N) is 12. The number of carbonyl (C=O) groups excluding carboxylic acids is 7. The third-order valence-electron chi connectivity index (χ3n) is 17.9. The molecule has 0 aliphatic rings. The Morgan fingerprint density at radius 2 is 0.725 bits per heavy atom. The summed E-state index contributed by atoms with van der Waals surface area (Å²) in [6.07, 6.45) is 5.83. The summed E-state index contributed by atoms with van der Waals surface area (Å²) < 4.78 is 112.